The van der Waals surface area contributed by atoms with Gasteiger partial charge in [0.25, 0.3) is 0 Å². The highest BCUT2D eigenvalue weighted by molar-refractivity contribution is 4.43. The molecule has 0 bridgehead atoms. The van der Waals surface area contributed by atoms with Gasteiger partial charge in [-0.1, -0.05) is 13.8 Å². The second-order valence-electron chi connectivity index (χ2n) is 3.08. The largest absolute Gasteiger partial charge is 0.329 e. The highest BCUT2D eigenvalue weighted by Gasteiger charge is 1.77. The summed E-state index contributed by atoms with van der Waals surface area (Å²) in [6, 6.07) is 0. The van der Waals surface area contributed by atoms with Crippen molar-refractivity contribution in [2.24, 2.45) is 11.5 Å². The Morgan fingerprint density at radius 1 is 0.714 bits per heavy atom. The van der Waals surface area contributed by atoms with E-state index in [1.807, 2.05) is 0 Å². The molecule has 4 nitrogen and oxygen atoms in total. The van der Waals surface area contributed by atoms with Gasteiger partial charge in [0.2, 0.25) is 0 Å². The molecule has 88 valence electrons. The normalized spacial score (nSPS) is 9.43. The highest BCUT2D eigenvalue weighted by atomic mass is 14.9. The monoisotopic (exact) mass is 204 g/mol. The molecule has 0 aliphatic rings. The second-order valence-corrected chi connectivity index (χ2v) is 3.08. The number of rotatable bonds is 8. The molecule has 6 N–H and O–H groups in total. The quantitative estimate of drug-likeness (QED) is 0.416. The first-order chi connectivity index (χ1) is 6.83. The van der Waals surface area contributed by atoms with Gasteiger partial charge in [-0.05, 0) is 25.9 Å². The van der Waals surface area contributed by atoms with Crippen LogP contribution in [0.4, 0.5) is 0 Å². The van der Waals surface area contributed by atoms with E-state index in [1.54, 1.807) is 0 Å². The first kappa shape index (κ1) is 16.3. The second kappa shape index (κ2) is 18.6. The van der Waals surface area contributed by atoms with Crippen molar-refractivity contribution in [3.05, 3.63) is 0 Å². The molecule has 0 unspecified atom stereocenters. The van der Waals surface area contributed by atoms with Crippen molar-refractivity contribution < 1.29 is 0 Å². The third-order valence-corrected chi connectivity index (χ3v) is 1.50. The molecular weight excluding hydrogens is 176 g/mol. The lowest BCUT2D eigenvalue weighted by Gasteiger charge is -1.95. The molecule has 0 saturated carbocycles. The maximum atomic E-state index is 5.21. The fourth-order valence-corrected chi connectivity index (χ4v) is 0.808. The zero-order chi connectivity index (χ0) is 11.1. The van der Waals surface area contributed by atoms with Gasteiger partial charge in [-0.15, -0.1) is 0 Å². The van der Waals surface area contributed by atoms with Crippen LogP contribution in [-0.2, 0) is 0 Å². The van der Waals surface area contributed by atoms with Crippen LogP contribution in [0.2, 0.25) is 0 Å². The summed E-state index contributed by atoms with van der Waals surface area (Å²) in [5, 5.41) is 6.32. The smallest absolute Gasteiger partial charge is 0.00744 e. The summed E-state index contributed by atoms with van der Waals surface area (Å²) < 4.78 is 0. The Balaban J connectivity index is 0. The molecule has 14 heavy (non-hydrogen) atoms. The summed E-state index contributed by atoms with van der Waals surface area (Å²) in [6.07, 6.45) is 2.39. The van der Waals surface area contributed by atoms with E-state index < -0.39 is 0 Å². The van der Waals surface area contributed by atoms with Crippen LogP contribution in [0.1, 0.15) is 26.7 Å². The van der Waals surface area contributed by atoms with E-state index in [2.05, 4.69) is 24.5 Å². The van der Waals surface area contributed by atoms with Gasteiger partial charge in [0.1, 0.15) is 0 Å². The summed E-state index contributed by atoms with van der Waals surface area (Å²) in [4.78, 5) is 0. The molecule has 0 fully saturated rings. The van der Waals surface area contributed by atoms with Gasteiger partial charge in [0.15, 0.2) is 0 Å². The van der Waals surface area contributed by atoms with Gasteiger partial charge in [0, 0.05) is 26.2 Å². The van der Waals surface area contributed by atoms with Crippen LogP contribution < -0.4 is 22.1 Å². The van der Waals surface area contributed by atoms with Crippen molar-refractivity contribution in [3.8, 4) is 0 Å². The first-order valence-electron chi connectivity index (χ1n) is 5.64. The van der Waals surface area contributed by atoms with Gasteiger partial charge in [-0.3, -0.25) is 0 Å². The van der Waals surface area contributed by atoms with Crippen LogP contribution >= 0.6 is 0 Å². The average molecular weight is 204 g/mol. The maximum absolute atomic E-state index is 5.21. The van der Waals surface area contributed by atoms with E-state index in [4.69, 9.17) is 11.5 Å². The predicted molar refractivity (Wildman–Crippen MR) is 64.4 cm³/mol. The van der Waals surface area contributed by atoms with E-state index in [9.17, 15) is 0 Å². The summed E-state index contributed by atoms with van der Waals surface area (Å²) in [5.41, 5.74) is 10.4. The lowest BCUT2D eigenvalue weighted by Crippen LogP contribution is -2.22. The van der Waals surface area contributed by atoms with Crippen molar-refractivity contribution in [2.45, 2.75) is 26.7 Å². The Bertz CT molecular complexity index is 60.5. The third-order valence-electron chi connectivity index (χ3n) is 1.50. The van der Waals surface area contributed by atoms with Gasteiger partial charge in [-0.2, -0.15) is 0 Å². The molecule has 4 heteroatoms. The number of nitrogens with two attached hydrogens (primary N) is 2. The summed E-state index contributed by atoms with van der Waals surface area (Å²) in [7, 11) is 0. The molecule has 0 aromatic rings. The zero-order valence-electron chi connectivity index (χ0n) is 9.81. The summed E-state index contributed by atoms with van der Waals surface area (Å²) >= 11 is 0. The van der Waals surface area contributed by atoms with Crippen molar-refractivity contribution in [2.75, 3.05) is 39.3 Å². The molecule has 0 rings (SSSR count). The SMILES string of the molecule is CCCNCCN.CCCNCCN. The van der Waals surface area contributed by atoms with E-state index in [-0.39, 0.29) is 0 Å². The Hall–Kier alpha value is -0.160. The van der Waals surface area contributed by atoms with Crippen molar-refractivity contribution in [1.82, 2.24) is 10.6 Å². The maximum Gasteiger partial charge on any atom is 0.00744 e. The summed E-state index contributed by atoms with van der Waals surface area (Å²) in [5.74, 6) is 0. The number of hydrogen-bond donors (Lipinski definition) is 4. The molecule has 0 aromatic carbocycles. The van der Waals surface area contributed by atoms with Crippen LogP contribution in [0, 0.1) is 0 Å². The van der Waals surface area contributed by atoms with Gasteiger partial charge >= 0.3 is 0 Å². The first-order valence-corrected chi connectivity index (χ1v) is 5.64. The minimum atomic E-state index is 0.750. The summed E-state index contributed by atoms with van der Waals surface area (Å²) in [6.45, 7) is 9.88. The van der Waals surface area contributed by atoms with Crippen LogP contribution in [0.15, 0.2) is 0 Å². The molecular formula is C10H28N4. The topological polar surface area (TPSA) is 76.1 Å². The molecule has 0 radical (unpaired) electrons. The van der Waals surface area contributed by atoms with Crippen molar-refractivity contribution >= 4 is 0 Å². The Labute approximate surface area is 88.8 Å². The van der Waals surface area contributed by atoms with Crippen LogP contribution in [-0.4, -0.2) is 39.3 Å². The standard InChI is InChI=1S/2C5H14N2/c2*1-2-4-7-5-3-6/h2*7H,2-6H2,1H3. The van der Waals surface area contributed by atoms with Gasteiger partial charge in [-0.25, -0.2) is 0 Å². The molecule has 0 aliphatic carbocycles. The van der Waals surface area contributed by atoms with Gasteiger partial charge in [0.05, 0.1) is 0 Å². The molecule has 0 spiro atoms. The predicted octanol–water partition coefficient (Wildman–Crippen LogP) is -0.111. The molecule has 0 heterocycles. The van der Waals surface area contributed by atoms with E-state index in [0.717, 1.165) is 39.3 Å². The Morgan fingerprint density at radius 3 is 1.29 bits per heavy atom. The molecule has 0 saturated heterocycles. The third kappa shape index (κ3) is 22.6. The number of hydrogen-bond acceptors (Lipinski definition) is 4. The lowest BCUT2D eigenvalue weighted by atomic mass is 10.5. The molecule has 0 aromatic heterocycles. The van der Waals surface area contributed by atoms with E-state index in [0.29, 0.717) is 0 Å². The van der Waals surface area contributed by atoms with E-state index >= 15 is 0 Å². The van der Waals surface area contributed by atoms with Gasteiger partial charge < -0.3 is 22.1 Å². The molecule has 0 atom stereocenters. The molecule has 0 amide bonds. The van der Waals surface area contributed by atoms with Crippen LogP contribution in [0.5, 0.6) is 0 Å². The van der Waals surface area contributed by atoms with Crippen molar-refractivity contribution in [1.29, 1.82) is 0 Å². The average Bonchev–Trinajstić information content (AvgIpc) is 2.21. The fraction of sp³-hybridized carbons (Fsp3) is 1.00. The van der Waals surface area contributed by atoms with Crippen molar-refractivity contribution in [3.63, 3.8) is 0 Å². The lowest BCUT2D eigenvalue weighted by molar-refractivity contribution is 0.678. The Kier molecular flexibility index (Phi) is 21.6. The fourth-order valence-electron chi connectivity index (χ4n) is 0.808. The Morgan fingerprint density at radius 2 is 1.07 bits per heavy atom. The molecule has 0 aliphatic heterocycles. The van der Waals surface area contributed by atoms with Crippen LogP contribution in [0.3, 0.4) is 0 Å². The zero-order valence-corrected chi connectivity index (χ0v) is 9.81. The minimum absolute atomic E-state index is 0.750. The minimum Gasteiger partial charge on any atom is -0.329 e. The highest BCUT2D eigenvalue weighted by Crippen LogP contribution is 1.66. The van der Waals surface area contributed by atoms with E-state index in [1.165, 1.54) is 12.8 Å². The van der Waals surface area contributed by atoms with Crippen LogP contribution in [0.25, 0.3) is 0 Å². The number of nitrogens with one attached hydrogen (secondary N) is 2.